The van der Waals surface area contributed by atoms with Crippen LogP contribution in [0.5, 0.6) is 0 Å². The SMILES string of the molecule is Cc1cnc(Nc2cccc([C@@H]3CCCN3Cc3cn(C)nc3C)n2)s1. The summed E-state index contributed by atoms with van der Waals surface area (Å²) in [6, 6.07) is 6.58. The van der Waals surface area contributed by atoms with Crippen molar-refractivity contribution in [2.75, 3.05) is 11.9 Å². The highest BCUT2D eigenvalue weighted by molar-refractivity contribution is 7.15. The Balaban J connectivity index is 1.52. The molecule has 1 saturated heterocycles. The van der Waals surface area contributed by atoms with Crippen LogP contribution in [0.25, 0.3) is 0 Å². The van der Waals surface area contributed by atoms with Crippen LogP contribution >= 0.6 is 11.3 Å². The third-order valence-corrected chi connectivity index (χ3v) is 5.65. The third kappa shape index (κ3) is 3.64. The maximum absolute atomic E-state index is 4.87. The lowest BCUT2D eigenvalue weighted by molar-refractivity contribution is 0.244. The average molecular weight is 369 g/mol. The Labute approximate surface area is 157 Å². The van der Waals surface area contributed by atoms with Gasteiger partial charge in [0.15, 0.2) is 5.13 Å². The van der Waals surface area contributed by atoms with Gasteiger partial charge in [-0.05, 0) is 45.4 Å². The quantitative estimate of drug-likeness (QED) is 0.738. The van der Waals surface area contributed by atoms with Crippen LogP contribution < -0.4 is 5.32 Å². The first-order valence-corrected chi connectivity index (χ1v) is 9.80. The fourth-order valence-electron chi connectivity index (χ4n) is 3.60. The van der Waals surface area contributed by atoms with E-state index in [1.54, 1.807) is 11.3 Å². The van der Waals surface area contributed by atoms with E-state index in [1.807, 2.05) is 24.0 Å². The Hall–Kier alpha value is -2.25. The van der Waals surface area contributed by atoms with Crippen molar-refractivity contribution in [2.24, 2.45) is 7.05 Å². The van der Waals surface area contributed by atoms with Gasteiger partial charge in [-0.2, -0.15) is 5.10 Å². The van der Waals surface area contributed by atoms with Crippen molar-refractivity contribution in [3.05, 3.63) is 52.4 Å². The average Bonchev–Trinajstić information content (AvgIpc) is 3.30. The largest absolute Gasteiger partial charge is 0.316 e. The van der Waals surface area contributed by atoms with E-state index in [9.17, 15) is 0 Å². The Morgan fingerprint density at radius 1 is 1.31 bits per heavy atom. The minimum Gasteiger partial charge on any atom is -0.316 e. The molecule has 1 N–H and O–H groups in total. The number of nitrogens with zero attached hydrogens (tertiary/aromatic N) is 5. The highest BCUT2D eigenvalue weighted by Crippen LogP contribution is 2.33. The molecule has 0 saturated carbocycles. The monoisotopic (exact) mass is 368 g/mol. The number of aryl methyl sites for hydroxylation is 3. The molecule has 7 heteroatoms. The second-order valence-electron chi connectivity index (χ2n) is 6.89. The van der Waals surface area contributed by atoms with Crippen LogP contribution in [0.3, 0.4) is 0 Å². The van der Waals surface area contributed by atoms with Gasteiger partial charge in [0.25, 0.3) is 0 Å². The van der Waals surface area contributed by atoms with Crippen LogP contribution in [0.4, 0.5) is 10.9 Å². The lowest BCUT2D eigenvalue weighted by Gasteiger charge is -2.24. The number of hydrogen-bond donors (Lipinski definition) is 1. The molecule has 0 aliphatic carbocycles. The van der Waals surface area contributed by atoms with E-state index in [2.05, 4.69) is 52.5 Å². The van der Waals surface area contributed by atoms with Gasteiger partial charge in [0.2, 0.25) is 0 Å². The molecular formula is C19H24N6S. The molecule has 6 nitrogen and oxygen atoms in total. The number of hydrogen-bond acceptors (Lipinski definition) is 6. The molecule has 4 heterocycles. The van der Waals surface area contributed by atoms with Gasteiger partial charge in [0.05, 0.1) is 17.4 Å². The highest BCUT2D eigenvalue weighted by atomic mass is 32.1. The smallest absolute Gasteiger partial charge is 0.188 e. The number of rotatable bonds is 5. The van der Waals surface area contributed by atoms with Crippen LogP contribution in [0.2, 0.25) is 0 Å². The number of thiazole rings is 1. The van der Waals surface area contributed by atoms with Crippen molar-refractivity contribution in [3.8, 4) is 0 Å². The Kier molecular flexibility index (Phi) is 4.74. The zero-order valence-corrected chi connectivity index (χ0v) is 16.3. The molecule has 26 heavy (non-hydrogen) atoms. The molecule has 0 radical (unpaired) electrons. The zero-order valence-electron chi connectivity index (χ0n) is 15.4. The van der Waals surface area contributed by atoms with E-state index in [4.69, 9.17) is 4.98 Å². The number of aromatic nitrogens is 4. The maximum Gasteiger partial charge on any atom is 0.188 e. The molecule has 1 atom stereocenters. The molecule has 1 fully saturated rings. The molecule has 3 aromatic heterocycles. The summed E-state index contributed by atoms with van der Waals surface area (Å²) in [5, 5.41) is 8.69. The van der Waals surface area contributed by atoms with Gasteiger partial charge in [0.1, 0.15) is 5.82 Å². The topological polar surface area (TPSA) is 58.9 Å². The zero-order chi connectivity index (χ0) is 18.1. The predicted molar refractivity (Wildman–Crippen MR) is 105 cm³/mol. The van der Waals surface area contributed by atoms with Crippen LogP contribution in [-0.4, -0.2) is 31.2 Å². The molecule has 0 bridgehead atoms. The predicted octanol–water partition coefficient (Wildman–Crippen LogP) is 3.97. The van der Waals surface area contributed by atoms with Gasteiger partial charge in [0, 0.05) is 36.4 Å². The van der Waals surface area contributed by atoms with Crippen molar-refractivity contribution >= 4 is 22.3 Å². The van der Waals surface area contributed by atoms with Crippen LogP contribution in [-0.2, 0) is 13.6 Å². The summed E-state index contributed by atoms with van der Waals surface area (Å²) in [6.07, 6.45) is 6.35. The van der Waals surface area contributed by atoms with Crippen LogP contribution in [0.15, 0.2) is 30.6 Å². The molecule has 4 rings (SSSR count). The second-order valence-corrected chi connectivity index (χ2v) is 8.13. The standard InChI is InChI=1S/C19H24N6S/c1-13-10-20-19(26-13)22-18-8-4-6-16(21-18)17-7-5-9-25(17)12-15-11-24(3)23-14(15)2/h4,6,8,10-11,17H,5,7,9,12H2,1-3H3,(H,20,21,22)/t17-/m0/s1. The van der Waals surface area contributed by atoms with E-state index < -0.39 is 0 Å². The molecular weight excluding hydrogens is 344 g/mol. The minimum atomic E-state index is 0.356. The summed E-state index contributed by atoms with van der Waals surface area (Å²) < 4.78 is 1.90. The Bertz CT molecular complexity index is 899. The van der Waals surface area contributed by atoms with Crippen molar-refractivity contribution in [1.29, 1.82) is 0 Å². The van der Waals surface area contributed by atoms with Gasteiger partial charge in [-0.25, -0.2) is 9.97 Å². The van der Waals surface area contributed by atoms with Gasteiger partial charge in [-0.15, -0.1) is 11.3 Å². The maximum atomic E-state index is 4.87. The number of anilines is 2. The van der Waals surface area contributed by atoms with E-state index in [1.165, 1.54) is 16.9 Å². The molecule has 0 unspecified atom stereocenters. The van der Waals surface area contributed by atoms with Crippen molar-refractivity contribution < 1.29 is 0 Å². The Morgan fingerprint density at radius 2 is 2.19 bits per heavy atom. The van der Waals surface area contributed by atoms with Gasteiger partial charge in [-0.3, -0.25) is 9.58 Å². The van der Waals surface area contributed by atoms with E-state index in [0.29, 0.717) is 6.04 Å². The number of likely N-dealkylation sites (tertiary alicyclic amines) is 1. The van der Waals surface area contributed by atoms with Crippen molar-refractivity contribution in [1.82, 2.24) is 24.6 Å². The highest BCUT2D eigenvalue weighted by Gasteiger charge is 2.28. The summed E-state index contributed by atoms with van der Waals surface area (Å²) in [4.78, 5) is 13.0. The molecule has 1 aliphatic rings. The minimum absolute atomic E-state index is 0.356. The first kappa shape index (κ1) is 17.2. The summed E-state index contributed by atoms with van der Waals surface area (Å²) in [6.45, 7) is 6.17. The lowest BCUT2D eigenvalue weighted by atomic mass is 10.1. The summed E-state index contributed by atoms with van der Waals surface area (Å²) in [7, 11) is 1.98. The van der Waals surface area contributed by atoms with Gasteiger partial charge >= 0.3 is 0 Å². The molecule has 136 valence electrons. The molecule has 0 aromatic carbocycles. The third-order valence-electron chi connectivity index (χ3n) is 4.82. The van der Waals surface area contributed by atoms with E-state index in [0.717, 1.165) is 41.8 Å². The molecule has 0 spiro atoms. The summed E-state index contributed by atoms with van der Waals surface area (Å²) in [5.74, 6) is 0.862. The first-order chi connectivity index (χ1) is 12.6. The Morgan fingerprint density at radius 3 is 2.92 bits per heavy atom. The van der Waals surface area contributed by atoms with Crippen LogP contribution in [0, 0.1) is 13.8 Å². The second kappa shape index (κ2) is 7.17. The first-order valence-electron chi connectivity index (χ1n) is 8.98. The summed E-state index contributed by atoms with van der Waals surface area (Å²) in [5.41, 5.74) is 3.54. The molecule has 1 aliphatic heterocycles. The van der Waals surface area contributed by atoms with Crippen LogP contribution in [0.1, 0.15) is 40.7 Å². The van der Waals surface area contributed by atoms with Gasteiger partial charge < -0.3 is 5.32 Å². The molecule has 0 amide bonds. The number of pyridine rings is 1. The van der Waals surface area contributed by atoms with Crippen molar-refractivity contribution in [3.63, 3.8) is 0 Å². The van der Waals surface area contributed by atoms with E-state index in [-0.39, 0.29) is 0 Å². The fraction of sp³-hybridized carbons (Fsp3) is 0.421. The van der Waals surface area contributed by atoms with E-state index >= 15 is 0 Å². The molecule has 3 aromatic rings. The normalized spacial score (nSPS) is 17.7. The number of nitrogens with one attached hydrogen (secondary N) is 1. The van der Waals surface area contributed by atoms with Gasteiger partial charge in [-0.1, -0.05) is 6.07 Å². The fourth-order valence-corrected chi connectivity index (χ4v) is 4.27. The summed E-state index contributed by atoms with van der Waals surface area (Å²) >= 11 is 1.65. The lowest BCUT2D eigenvalue weighted by Crippen LogP contribution is -2.23. The van der Waals surface area contributed by atoms with Crippen molar-refractivity contribution in [2.45, 2.75) is 39.3 Å².